The molecule has 0 N–H and O–H groups in total. The van der Waals surface area contributed by atoms with Crippen LogP contribution in [0.3, 0.4) is 0 Å². The quantitative estimate of drug-likeness (QED) is 0.358. The number of carbonyl (C=O) groups excluding carboxylic acids is 3. The van der Waals surface area contributed by atoms with E-state index in [2.05, 4.69) is 12.2 Å². The topological polar surface area (TPSA) is 63.7 Å². The molecule has 2 aliphatic carbocycles. The Labute approximate surface area is 146 Å². The molecule has 1 saturated heterocycles. The van der Waals surface area contributed by atoms with E-state index in [0.717, 1.165) is 19.3 Å². The zero-order valence-corrected chi connectivity index (χ0v) is 14.2. The Morgan fingerprint density at radius 2 is 1.68 bits per heavy atom. The summed E-state index contributed by atoms with van der Waals surface area (Å²) in [6.45, 7) is 2.43. The summed E-state index contributed by atoms with van der Waals surface area (Å²) in [7, 11) is 0. The highest BCUT2D eigenvalue weighted by Crippen LogP contribution is 2.53. The second kappa shape index (κ2) is 6.14. The lowest BCUT2D eigenvalue weighted by molar-refractivity contribution is -0.123. The number of hydrogen-bond acceptors (Lipinski definition) is 4. The van der Waals surface area contributed by atoms with Crippen molar-refractivity contribution < 1.29 is 19.1 Å². The minimum atomic E-state index is -0.377. The largest absolute Gasteiger partial charge is 0.462 e. The van der Waals surface area contributed by atoms with Crippen LogP contribution in [0.2, 0.25) is 0 Å². The van der Waals surface area contributed by atoms with Crippen LogP contribution in [-0.4, -0.2) is 24.4 Å². The van der Waals surface area contributed by atoms with Gasteiger partial charge in [0.2, 0.25) is 11.8 Å². The van der Waals surface area contributed by atoms with Gasteiger partial charge in [-0.15, -0.1) is 0 Å². The molecule has 1 heterocycles. The molecule has 4 atom stereocenters. The molecule has 130 valence electrons. The first-order valence-electron chi connectivity index (χ1n) is 8.95. The standard InChI is InChI=1S/C20H21NO4/c1-2-3-10-25-20(24)12-6-8-15(9-7-12)21-18(22)16-13-4-5-14(11-13)17(16)19(21)23/h4-9,13-14,16-17H,2-3,10-11H2,1H3/t13-,14+,16-,17+. The van der Waals surface area contributed by atoms with E-state index in [-0.39, 0.29) is 41.5 Å². The summed E-state index contributed by atoms with van der Waals surface area (Å²) in [6.07, 6.45) is 6.87. The lowest BCUT2D eigenvalue weighted by atomic mass is 9.85. The first kappa shape index (κ1) is 16.1. The third-order valence-electron chi connectivity index (χ3n) is 5.56. The second-order valence-corrected chi connectivity index (χ2v) is 7.05. The summed E-state index contributed by atoms with van der Waals surface area (Å²) < 4.78 is 5.18. The molecular weight excluding hydrogens is 318 g/mol. The van der Waals surface area contributed by atoms with Crippen molar-refractivity contribution in [2.24, 2.45) is 23.7 Å². The summed E-state index contributed by atoms with van der Waals surface area (Å²) in [5.74, 6) is -0.607. The molecule has 2 amide bonds. The molecule has 5 heteroatoms. The Bertz CT molecular complexity index is 721. The molecule has 25 heavy (non-hydrogen) atoms. The van der Waals surface area contributed by atoms with E-state index in [1.807, 2.05) is 6.92 Å². The lowest BCUT2D eigenvalue weighted by Gasteiger charge is -2.17. The number of fused-ring (bicyclic) bond motifs is 5. The highest BCUT2D eigenvalue weighted by Gasteiger charge is 2.59. The molecule has 0 radical (unpaired) electrons. The Balaban J connectivity index is 1.50. The van der Waals surface area contributed by atoms with Gasteiger partial charge in [0.05, 0.1) is 29.7 Å². The first-order valence-corrected chi connectivity index (χ1v) is 8.95. The van der Waals surface area contributed by atoms with Gasteiger partial charge in [-0.05, 0) is 48.9 Å². The Morgan fingerprint density at radius 3 is 2.24 bits per heavy atom. The van der Waals surface area contributed by atoms with Crippen LogP contribution in [0.15, 0.2) is 36.4 Å². The van der Waals surface area contributed by atoms with Gasteiger partial charge in [-0.3, -0.25) is 14.5 Å². The van der Waals surface area contributed by atoms with Crippen molar-refractivity contribution in [3.63, 3.8) is 0 Å². The van der Waals surface area contributed by atoms with Gasteiger partial charge in [0.1, 0.15) is 0 Å². The van der Waals surface area contributed by atoms with Crippen molar-refractivity contribution in [3.8, 4) is 0 Å². The molecule has 1 saturated carbocycles. The van der Waals surface area contributed by atoms with Crippen LogP contribution in [0.4, 0.5) is 5.69 Å². The fraction of sp³-hybridized carbons (Fsp3) is 0.450. The van der Waals surface area contributed by atoms with Crippen molar-refractivity contribution in [3.05, 3.63) is 42.0 Å². The minimum Gasteiger partial charge on any atom is -0.462 e. The van der Waals surface area contributed by atoms with E-state index >= 15 is 0 Å². The molecule has 0 aromatic heterocycles. The van der Waals surface area contributed by atoms with Crippen LogP contribution in [-0.2, 0) is 14.3 Å². The van der Waals surface area contributed by atoms with Crippen LogP contribution < -0.4 is 4.90 Å². The van der Waals surface area contributed by atoms with Gasteiger partial charge in [-0.1, -0.05) is 25.5 Å². The number of carbonyl (C=O) groups is 3. The van der Waals surface area contributed by atoms with Crippen molar-refractivity contribution >= 4 is 23.5 Å². The monoisotopic (exact) mass is 339 g/mol. The SMILES string of the molecule is CCCCOC(=O)c1ccc(N2C(=O)[C@@H]3[C@H](C2=O)[C@@H]2C=C[C@H]3C2)cc1. The van der Waals surface area contributed by atoms with Crippen LogP contribution in [0.1, 0.15) is 36.5 Å². The fourth-order valence-corrected chi connectivity index (χ4v) is 4.30. The van der Waals surface area contributed by atoms with Crippen molar-refractivity contribution in [1.29, 1.82) is 0 Å². The van der Waals surface area contributed by atoms with E-state index < -0.39 is 0 Å². The highest BCUT2D eigenvalue weighted by molar-refractivity contribution is 6.22. The highest BCUT2D eigenvalue weighted by atomic mass is 16.5. The second-order valence-electron chi connectivity index (χ2n) is 7.05. The molecule has 3 aliphatic rings. The predicted molar refractivity (Wildman–Crippen MR) is 91.8 cm³/mol. The van der Waals surface area contributed by atoms with Crippen molar-refractivity contribution in [1.82, 2.24) is 0 Å². The number of esters is 1. The van der Waals surface area contributed by atoms with Crippen LogP contribution in [0.5, 0.6) is 0 Å². The number of benzene rings is 1. The number of ether oxygens (including phenoxy) is 1. The summed E-state index contributed by atoms with van der Waals surface area (Å²) in [5.41, 5.74) is 0.967. The predicted octanol–water partition coefficient (Wildman–Crippen LogP) is 2.96. The molecule has 1 aromatic rings. The maximum absolute atomic E-state index is 12.8. The van der Waals surface area contributed by atoms with Gasteiger partial charge in [-0.2, -0.15) is 0 Å². The molecule has 4 rings (SSSR count). The zero-order chi connectivity index (χ0) is 17.6. The normalized spacial score (nSPS) is 29.4. The molecule has 1 aromatic carbocycles. The van der Waals surface area contributed by atoms with E-state index in [0.29, 0.717) is 17.9 Å². The molecule has 5 nitrogen and oxygen atoms in total. The number of rotatable bonds is 5. The number of anilines is 1. The van der Waals surface area contributed by atoms with E-state index in [9.17, 15) is 14.4 Å². The molecule has 2 fully saturated rings. The van der Waals surface area contributed by atoms with E-state index in [4.69, 9.17) is 4.74 Å². The average Bonchev–Trinajstić information content (AvgIpc) is 3.29. The average molecular weight is 339 g/mol. The number of hydrogen-bond donors (Lipinski definition) is 0. The number of unbranched alkanes of at least 4 members (excludes halogenated alkanes) is 1. The summed E-state index contributed by atoms with van der Waals surface area (Å²) in [4.78, 5) is 38.8. The summed E-state index contributed by atoms with van der Waals surface area (Å²) in [5, 5.41) is 0. The summed E-state index contributed by atoms with van der Waals surface area (Å²) >= 11 is 0. The van der Waals surface area contributed by atoms with Gasteiger partial charge >= 0.3 is 5.97 Å². The van der Waals surface area contributed by atoms with Crippen LogP contribution in [0, 0.1) is 23.7 Å². The maximum atomic E-state index is 12.8. The van der Waals surface area contributed by atoms with Crippen LogP contribution >= 0.6 is 0 Å². The molecule has 1 aliphatic heterocycles. The lowest BCUT2D eigenvalue weighted by Crippen LogP contribution is -2.32. The van der Waals surface area contributed by atoms with Gasteiger partial charge in [0.25, 0.3) is 0 Å². The number of amides is 2. The number of nitrogens with zero attached hydrogens (tertiary/aromatic N) is 1. The molecular formula is C20H21NO4. The fourth-order valence-electron chi connectivity index (χ4n) is 4.30. The Hall–Kier alpha value is -2.43. The van der Waals surface area contributed by atoms with Crippen molar-refractivity contribution in [2.45, 2.75) is 26.2 Å². The Kier molecular flexibility index (Phi) is 3.94. The van der Waals surface area contributed by atoms with Crippen molar-refractivity contribution in [2.75, 3.05) is 11.5 Å². The number of allylic oxidation sites excluding steroid dienone is 2. The molecule has 0 spiro atoms. The third-order valence-corrected chi connectivity index (χ3v) is 5.56. The van der Waals surface area contributed by atoms with Crippen LogP contribution in [0.25, 0.3) is 0 Å². The zero-order valence-electron chi connectivity index (χ0n) is 14.2. The smallest absolute Gasteiger partial charge is 0.338 e. The van der Waals surface area contributed by atoms with E-state index in [1.54, 1.807) is 24.3 Å². The van der Waals surface area contributed by atoms with E-state index in [1.165, 1.54) is 4.90 Å². The van der Waals surface area contributed by atoms with Gasteiger partial charge in [-0.25, -0.2) is 4.79 Å². The molecule has 2 bridgehead atoms. The first-order chi connectivity index (χ1) is 12.1. The van der Waals surface area contributed by atoms with Gasteiger partial charge in [0, 0.05) is 0 Å². The molecule has 0 unspecified atom stereocenters. The number of imide groups is 1. The minimum absolute atomic E-state index is 0.106. The van der Waals surface area contributed by atoms with Gasteiger partial charge < -0.3 is 4.74 Å². The maximum Gasteiger partial charge on any atom is 0.338 e. The third kappa shape index (κ3) is 2.49. The Morgan fingerprint density at radius 1 is 1.08 bits per heavy atom. The summed E-state index contributed by atoms with van der Waals surface area (Å²) in [6, 6.07) is 6.54. The van der Waals surface area contributed by atoms with Gasteiger partial charge in [0.15, 0.2) is 0 Å².